The van der Waals surface area contributed by atoms with Crippen LogP contribution in [0, 0.1) is 0 Å². The van der Waals surface area contributed by atoms with Crippen molar-refractivity contribution in [2.45, 2.75) is 6.54 Å². The molecule has 0 saturated heterocycles. The van der Waals surface area contributed by atoms with Gasteiger partial charge in [-0.1, -0.05) is 11.6 Å². The van der Waals surface area contributed by atoms with Crippen molar-refractivity contribution >= 4 is 17.7 Å². The molecule has 2 aromatic rings. The number of carbonyl (C=O) groups excluding carboxylic acids is 1. The van der Waals surface area contributed by atoms with Crippen molar-refractivity contribution in [3.63, 3.8) is 0 Å². The number of carbonyl (C=O) groups is 1. The summed E-state index contributed by atoms with van der Waals surface area (Å²) in [4.78, 5) is 18.0. The molecule has 8 nitrogen and oxygen atoms in total. The lowest BCUT2D eigenvalue weighted by Gasteiger charge is -2.06. The number of ether oxygens (including phenoxy) is 1. The zero-order chi connectivity index (χ0) is 14.7. The minimum atomic E-state index is -0.930. The molecule has 2 N–H and O–H groups in total. The standard InChI is InChI=1S/C11H13ClN6O2/c1-17(2)6-7-4-15-18(16-7)10-9(12)3-8(5-14-10)20-11(13)19/h3-5H,6H2,1-2H3,(H2,13,19). The van der Waals surface area contributed by atoms with Crippen LogP contribution in [0.15, 0.2) is 18.5 Å². The van der Waals surface area contributed by atoms with E-state index < -0.39 is 6.09 Å². The third kappa shape index (κ3) is 3.43. The molecule has 0 spiro atoms. The van der Waals surface area contributed by atoms with Gasteiger partial charge in [0.05, 0.1) is 23.1 Å². The molecule has 0 aliphatic rings. The molecule has 1 amide bonds. The molecular weight excluding hydrogens is 284 g/mol. The Balaban J connectivity index is 2.24. The van der Waals surface area contributed by atoms with E-state index in [1.54, 1.807) is 6.20 Å². The first-order chi connectivity index (χ1) is 9.45. The molecule has 0 saturated carbocycles. The van der Waals surface area contributed by atoms with Gasteiger partial charge in [-0.25, -0.2) is 9.78 Å². The summed E-state index contributed by atoms with van der Waals surface area (Å²) in [6, 6.07) is 1.42. The van der Waals surface area contributed by atoms with Crippen molar-refractivity contribution in [3.05, 3.63) is 29.2 Å². The van der Waals surface area contributed by atoms with E-state index in [0.717, 1.165) is 5.69 Å². The first-order valence-corrected chi connectivity index (χ1v) is 6.02. The van der Waals surface area contributed by atoms with E-state index >= 15 is 0 Å². The lowest BCUT2D eigenvalue weighted by Crippen LogP contribution is -2.16. The van der Waals surface area contributed by atoms with Gasteiger partial charge in [0.1, 0.15) is 0 Å². The minimum Gasteiger partial charge on any atom is -0.409 e. The Bertz CT molecular complexity index is 627. The van der Waals surface area contributed by atoms with Crippen LogP contribution in [-0.4, -0.2) is 45.1 Å². The molecular formula is C11H13ClN6O2. The van der Waals surface area contributed by atoms with E-state index in [4.69, 9.17) is 17.3 Å². The summed E-state index contributed by atoms with van der Waals surface area (Å²) in [5.41, 5.74) is 5.69. The SMILES string of the molecule is CN(C)Cc1cnn(-c2ncc(OC(N)=O)cc2Cl)n1. The summed E-state index contributed by atoms with van der Waals surface area (Å²) in [7, 11) is 3.86. The first kappa shape index (κ1) is 14.2. The predicted molar refractivity (Wildman–Crippen MR) is 71.8 cm³/mol. The molecule has 0 aliphatic heterocycles. The van der Waals surface area contributed by atoms with E-state index in [-0.39, 0.29) is 10.8 Å². The quantitative estimate of drug-likeness (QED) is 0.897. The highest BCUT2D eigenvalue weighted by Crippen LogP contribution is 2.22. The van der Waals surface area contributed by atoms with Crippen molar-refractivity contribution in [3.8, 4) is 11.6 Å². The number of aromatic nitrogens is 4. The highest BCUT2D eigenvalue weighted by Gasteiger charge is 2.11. The molecule has 0 atom stereocenters. The summed E-state index contributed by atoms with van der Waals surface area (Å²) in [6.45, 7) is 0.653. The fraction of sp³-hybridized carbons (Fsp3) is 0.273. The maximum Gasteiger partial charge on any atom is 0.410 e. The summed E-state index contributed by atoms with van der Waals surface area (Å²) in [5, 5.41) is 8.59. The molecule has 0 aliphatic carbocycles. The van der Waals surface area contributed by atoms with Gasteiger partial charge in [0.2, 0.25) is 0 Å². The third-order valence-corrected chi connectivity index (χ3v) is 2.50. The Labute approximate surface area is 120 Å². The summed E-state index contributed by atoms with van der Waals surface area (Å²) in [6.07, 6.45) is 2.02. The molecule has 106 valence electrons. The van der Waals surface area contributed by atoms with Gasteiger partial charge in [-0.05, 0) is 14.1 Å². The second-order valence-corrected chi connectivity index (χ2v) is 4.67. The molecule has 0 bridgehead atoms. The molecule has 2 aromatic heterocycles. The van der Waals surface area contributed by atoms with Gasteiger partial charge in [0.25, 0.3) is 0 Å². The molecule has 0 unspecified atom stereocenters. The van der Waals surface area contributed by atoms with Crippen LogP contribution in [0.5, 0.6) is 5.75 Å². The third-order valence-electron chi connectivity index (χ3n) is 2.22. The molecule has 0 radical (unpaired) electrons. The average molecular weight is 297 g/mol. The molecule has 2 rings (SSSR count). The zero-order valence-corrected chi connectivity index (χ0v) is 11.7. The molecule has 0 aromatic carbocycles. The molecule has 20 heavy (non-hydrogen) atoms. The number of hydrogen-bond acceptors (Lipinski definition) is 6. The topological polar surface area (TPSA) is 99.2 Å². The lowest BCUT2D eigenvalue weighted by molar-refractivity contribution is 0.210. The Morgan fingerprint density at radius 3 is 2.85 bits per heavy atom. The van der Waals surface area contributed by atoms with E-state index in [0.29, 0.717) is 12.4 Å². The molecule has 2 heterocycles. The highest BCUT2D eigenvalue weighted by molar-refractivity contribution is 6.32. The van der Waals surface area contributed by atoms with Crippen LogP contribution in [-0.2, 0) is 6.54 Å². The fourth-order valence-electron chi connectivity index (χ4n) is 1.53. The van der Waals surface area contributed by atoms with Gasteiger partial charge in [-0.3, -0.25) is 0 Å². The van der Waals surface area contributed by atoms with Gasteiger partial charge in [-0.15, -0.1) is 4.80 Å². The van der Waals surface area contributed by atoms with Gasteiger partial charge < -0.3 is 15.4 Å². The van der Waals surface area contributed by atoms with Gasteiger partial charge in [-0.2, -0.15) is 10.2 Å². The smallest absolute Gasteiger partial charge is 0.409 e. The van der Waals surface area contributed by atoms with Crippen LogP contribution in [0.1, 0.15) is 5.69 Å². The lowest BCUT2D eigenvalue weighted by atomic mass is 10.4. The number of hydrogen-bond donors (Lipinski definition) is 1. The van der Waals surface area contributed by atoms with Crippen LogP contribution in [0.25, 0.3) is 5.82 Å². The number of pyridine rings is 1. The first-order valence-electron chi connectivity index (χ1n) is 5.65. The predicted octanol–water partition coefficient (Wildman–Crippen LogP) is 0.835. The largest absolute Gasteiger partial charge is 0.410 e. The van der Waals surface area contributed by atoms with Crippen molar-refractivity contribution in [2.24, 2.45) is 5.73 Å². The van der Waals surface area contributed by atoms with Crippen molar-refractivity contribution in [2.75, 3.05) is 14.1 Å². The van der Waals surface area contributed by atoms with E-state index in [1.165, 1.54) is 17.1 Å². The molecule has 0 fully saturated rings. The number of halogens is 1. The van der Waals surface area contributed by atoms with Gasteiger partial charge in [0.15, 0.2) is 11.6 Å². The Kier molecular flexibility index (Phi) is 4.16. The molecule has 9 heteroatoms. The second kappa shape index (κ2) is 5.85. The van der Waals surface area contributed by atoms with Crippen LogP contribution in [0.3, 0.4) is 0 Å². The summed E-state index contributed by atoms with van der Waals surface area (Å²) < 4.78 is 4.68. The average Bonchev–Trinajstić information content (AvgIpc) is 2.75. The number of nitrogens with zero attached hydrogens (tertiary/aromatic N) is 5. The van der Waals surface area contributed by atoms with Crippen LogP contribution in [0.4, 0.5) is 4.79 Å². The van der Waals surface area contributed by atoms with E-state index in [1.807, 2.05) is 19.0 Å². The zero-order valence-electron chi connectivity index (χ0n) is 10.9. The van der Waals surface area contributed by atoms with E-state index in [9.17, 15) is 4.79 Å². The van der Waals surface area contributed by atoms with Gasteiger partial charge in [0, 0.05) is 12.6 Å². The number of primary amides is 1. The Morgan fingerprint density at radius 1 is 1.50 bits per heavy atom. The van der Waals surface area contributed by atoms with Crippen LogP contribution < -0.4 is 10.5 Å². The fourth-order valence-corrected chi connectivity index (χ4v) is 1.76. The number of nitrogens with two attached hydrogens (primary N) is 1. The number of rotatable bonds is 4. The summed E-state index contributed by atoms with van der Waals surface area (Å²) in [5.74, 6) is 0.500. The van der Waals surface area contributed by atoms with Crippen molar-refractivity contribution < 1.29 is 9.53 Å². The van der Waals surface area contributed by atoms with Crippen molar-refractivity contribution in [1.29, 1.82) is 0 Å². The summed E-state index contributed by atoms with van der Waals surface area (Å²) >= 11 is 6.06. The van der Waals surface area contributed by atoms with Crippen LogP contribution >= 0.6 is 11.6 Å². The highest BCUT2D eigenvalue weighted by atomic mass is 35.5. The normalized spacial score (nSPS) is 10.8. The maximum atomic E-state index is 10.6. The Morgan fingerprint density at radius 2 is 2.25 bits per heavy atom. The second-order valence-electron chi connectivity index (χ2n) is 4.26. The van der Waals surface area contributed by atoms with Gasteiger partial charge >= 0.3 is 6.09 Å². The maximum absolute atomic E-state index is 10.6. The monoisotopic (exact) mass is 296 g/mol. The van der Waals surface area contributed by atoms with Crippen LogP contribution in [0.2, 0.25) is 5.02 Å². The van der Waals surface area contributed by atoms with E-state index in [2.05, 4.69) is 19.9 Å². The van der Waals surface area contributed by atoms with Crippen molar-refractivity contribution in [1.82, 2.24) is 24.9 Å². The Hall–Kier alpha value is -2.19. The number of amides is 1. The minimum absolute atomic E-state index is 0.159.